The summed E-state index contributed by atoms with van der Waals surface area (Å²) >= 11 is 1.96. The second-order valence-electron chi connectivity index (χ2n) is 5.49. The molecule has 0 spiro atoms. The molecule has 0 bridgehead atoms. The van der Waals surface area contributed by atoms with Crippen LogP contribution in [0.2, 0.25) is 0 Å². The van der Waals surface area contributed by atoms with Crippen LogP contribution in [0, 0.1) is 21.4 Å². The highest BCUT2D eigenvalue weighted by Crippen LogP contribution is 2.46. The fourth-order valence-corrected chi connectivity index (χ4v) is 4.83. The molecule has 128 valence electrons. The van der Waals surface area contributed by atoms with Crippen molar-refractivity contribution in [3.63, 3.8) is 0 Å². The number of hydrogen-bond acceptors (Lipinski definition) is 8. The lowest BCUT2D eigenvalue weighted by atomic mass is 9.89. The molecule has 2 N–H and O–H groups in total. The molecule has 1 unspecified atom stereocenters. The highest BCUT2D eigenvalue weighted by atomic mass is 32.1. The maximum absolute atomic E-state index is 12.8. The quantitative estimate of drug-likeness (QED) is 0.535. The van der Waals surface area contributed by atoms with E-state index >= 15 is 0 Å². The molecule has 1 aromatic carbocycles. The Hall–Kier alpha value is -3.22. The summed E-state index contributed by atoms with van der Waals surface area (Å²) in [6.07, 6.45) is 0. The molecular formula is C17H9N3O4S2. The topological polar surface area (TPSA) is 119 Å². The van der Waals surface area contributed by atoms with Gasteiger partial charge in [0.25, 0.3) is 0 Å². The van der Waals surface area contributed by atoms with E-state index in [1.54, 1.807) is 12.1 Å². The molecule has 2 aromatic heterocycles. The predicted molar refractivity (Wildman–Crippen MR) is 98.4 cm³/mol. The zero-order valence-corrected chi connectivity index (χ0v) is 14.6. The minimum Gasteiger partial charge on any atom is -0.439 e. The molecule has 1 aliphatic heterocycles. The van der Waals surface area contributed by atoms with Gasteiger partial charge in [0.05, 0.1) is 16.4 Å². The van der Waals surface area contributed by atoms with E-state index in [9.17, 15) is 20.2 Å². The highest BCUT2D eigenvalue weighted by molar-refractivity contribution is 7.16. The number of thiophene rings is 1. The predicted octanol–water partition coefficient (Wildman–Crippen LogP) is 3.45. The van der Waals surface area contributed by atoms with Gasteiger partial charge in [0, 0.05) is 21.0 Å². The highest BCUT2D eigenvalue weighted by Gasteiger charge is 2.36. The Morgan fingerprint density at radius 1 is 1.23 bits per heavy atom. The van der Waals surface area contributed by atoms with Crippen LogP contribution in [0.1, 0.15) is 16.4 Å². The van der Waals surface area contributed by atoms with E-state index in [-0.39, 0.29) is 26.8 Å². The van der Waals surface area contributed by atoms with Gasteiger partial charge in [0.1, 0.15) is 17.4 Å². The lowest BCUT2D eigenvalue weighted by Crippen LogP contribution is -2.25. The number of nitrogens with two attached hydrogens (primary N) is 1. The van der Waals surface area contributed by atoms with Crippen molar-refractivity contribution < 1.29 is 9.66 Å². The Morgan fingerprint density at radius 2 is 2.00 bits per heavy atom. The fourth-order valence-electron chi connectivity index (χ4n) is 2.95. The summed E-state index contributed by atoms with van der Waals surface area (Å²) < 4.78 is 6.12. The second-order valence-corrected chi connectivity index (χ2v) is 7.59. The minimum absolute atomic E-state index is 0.0687. The normalized spacial score (nSPS) is 16.0. The number of nitrogens with zero attached hydrogens (tertiary/aromatic N) is 2. The number of allylic oxidation sites excluding steroid dienone is 1. The monoisotopic (exact) mass is 383 g/mol. The van der Waals surface area contributed by atoms with Crippen LogP contribution >= 0.6 is 22.7 Å². The largest absolute Gasteiger partial charge is 0.439 e. The van der Waals surface area contributed by atoms with Crippen molar-refractivity contribution in [3.05, 3.63) is 77.9 Å². The van der Waals surface area contributed by atoms with Crippen LogP contribution in [-0.2, 0) is 0 Å². The van der Waals surface area contributed by atoms with Crippen molar-refractivity contribution in [2.75, 3.05) is 0 Å². The lowest BCUT2D eigenvalue weighted by molar-refractivity contribution is -0.380. The van der Waals surface area contributed by atoms with Crippen molar-refractivity contribution in [2.24, 2.45) is 5.73 Å². The van der Waals surface area contributed by atoms with Gasteiger partial charge >= 0.3 is 5.00 Å². The molecule has 9 heteroatoms. The smallest absolute Gasteiger partial charge is 0.324 e. The SMILES string of the molecule is N#CC1=C(N)Oc2c(c(=O)sc3ccccc23)C1c1ccc([N+](=O)[O-])s1. The molecule has 0 amide bonds. The summed E-state index contributed by atoms with van der Waals surface area (Å²) in [4.78, 5) is 23.8. The molecule has 1 aliphatic rings. The second kappa shape index (κ2) is 5.94. The van der Waals surface area contributed by atoms with Crippen LogP contribution in [0.4, 0.5) is 5.00 Å². The molecule has 0 radical (unpaired) electrons. The number of fused-ring (bicyclic) bond motifs is 3. The maximum atomic E-state index is 12.8. The zero-order valence-electron chi connectivity index (χ0n) is 13.0. The minimum atomic E-state index is -0.782. The van der Waals surface area contributed by atoms with Crippen LogP contribution in [0.25, 0.3) is 10.1 Å². The Labute approximate surface area is 154 Å². The Balaban J connectivity index is 2.05. The molecule has 1 atom stereocenters. The Morgan fingerprint density at radius 3 is 2.69 bits per heavy atom. The maximum Gasteiger partial charge on any atom is 0.324 e. The first-order valence-electron chi connectivity index (χ1n) is 7.38. The van der Waals surface area contributed by atoms with Gasteiger partial charge in [-0.1, -0.05) is 34.8 Å². The molecule has 4 rings (SSSR count). The van der Waals surface area contributed by atoms with E-state index in [0.717, 1.165) is 27.4 Å². The van der Waals surface area contributed by atoms with E-state index in [1.165, 1.54) is 6.07 Å². The molecule has 7 nitrogen and oxygen atoms in total. The van der Waals surface area contributed by atoms with E-state index in [1.807, 2.05) is 24.3 Å². The van der Waals surface area contributed by atoms with E-state index in [4.69, 9.17) is 10.5 Å². The third-order valence-corrected chi connectivity index (χ3v) is 6.13. The summed E-state index contributed by atoms with van der Waals surface area (Å²) in [6.45, 7) is 0. The van der Waals surface area contributed by atoms with Crippen LogP contribution < -0.4 is 15.2 Å². The third kappa shape index (κ3) is 2.35. The summed E-state index contributed by atoms with van der Waals surface area (Å²) in [7, 11) is 0. The number of nitriles is 1. The third-order valence-electron chi connectivity index (χ3n) is 4.05. The lowest BCUT2D eigenvalue weighted by Gasteiger charge is -2.25. The molecule has 0 fully saturated rings. The molecular weight excluding hydrogens is 374 g/mol. The van der Waals surface area contributed by atoms with E-state index < -0.39 is 10.8 Å². The Kier molecular flexibility index (Phi) is 3.72. The van der Waals surface area contributed by atoms with Crippen LogP contribution in [0.5, 0.6) is 5.75 Å². The molecule has 3 heterocycles. The van der Waals surface area contributed by atoms with E-state index in [0.29, 0.717) is 16.0 Å². The first-order chi connectivity index (χ1) is 12.5. The summed E-state index contributed by atoms with van der Waals surface area (Å²) in [5, 5.41) is 21.2. The average molecular weight is 383 g/mol. The number of hydrogen-bond donors (Lipinski definition) is 1. The van der Waals surface area contributed by atoms with Crippen molar-refractivity contribution >= 4 is 37.8 Å². The summed E-state index contributed by atoms with van der Waals surface area (Å²) in [5.74, 6) is -0.570. The molecule has 3 aromatic rings. The zero-order chi connectivity index (χ0) is 18.4. The Bertz CT molecular complexity index is 1200. The first-order valence-corrected chi connectivity index (χ1v) is 9.02. The van der Waals surface area contributed by atoms with Gasteiger partial charge in [0.2, 0.25) is 10.6 Å². The molecule has 0 aliphatic carbocycles. The first kappa shape index (κ1) is 16.3. The summed E-state index contributed by atoms with van der Waals surface area (Å²) in [5.41, 5.74) is 6.31. The molecule has 0 saturated heterocycles. The van der Waals surface area contributed by atoms with Crippen molar-refractivity contribution in [1.29, 1.82) is 5.26 Å². The number of ether oxygens (including phenoxy) is 1. The number of rotatable bonds is 2. The number of benzene rings is 1. The van der Waals surface area contributed by atoms with Gasteiger partial charge in [-0.05, 0) is 18.2 Å². The van der Waals surface area contributed by atoms with Gasteiger partial charge in [-0.25, -0.2) is 0 Å². The van der Waals surface area contributed by atoms with Crippen LogP contribution in [0.3, 0.4) is 0 Å². The van der Waals surface area contributed by atoms with Crippen molar-refractivity contribution in [1.82, 2.24) is 0 Å². The van der Waals surface area contributed by atoms with Crippen molar-refractivity contribution in [2.45, 2.75) is 5.92 Å². The summed E-state index contributed by atoms with van der Waals surface area (Å²) in [6, 6.07) is 12.1. The van der Waals surface area contributed by atoms with Gasteiger partial charge in [-0.3, -0.25) is 14.9 Å². The fraction of sp³-hybridized carbons (Fsp3) is 0.0588. The van der Waals surface area contributed by atoms with Gasteiger partial charge in [-0.15, -0.1) is 0 Å². The molecule has 0 saturated carbocycles. The van der Waals surface area contributed by atoms with Crippen molar-refractivity contribution in [3.8, 4) is 11.8 Å². The average Bonchev–Trinajstić information content (AvgIpc) is 3.11. The van der Waals surface area contributed by atoms with E-state index in [2.05, 4.69) is 0 Å². The van der Waals surface area contributed by atoms with Crippen LogP contribution in [-0.4, -0.2) is 4.92 Å². The van der Waals surface area contributed by atoms with Crippen LogP contribution in [0.15, 0.2) is 52.6 Å². The molecule has 26 heavy (non-hydrogen) atoms. The van der Waals surface area contributed by atoms with Gasteiger partial charge in [0.15, 0.2) is 0 Å². The number of nitro groups is 1. The standard InChI is InChI=1S/C17H9N3O4S2/c18-7-9-13(11-5-6-12(25-11)20(22)23)14-15(24-16(9)19)8-3-1-2-4-10(8)26-17(14)21/h1-6,13H,19H2. The van der Waals surface area contributed by atoms with Gasteiger partial charge < -0.3 is 10.5 Å². The van der Waals surface area contributed by atoms with Gasteiger partial charge in [-0.2, -0.15) is 5.26 Å².